The van der Waals surface area contributed by atoms with Gasteiger partial charge in [-0.05, 0) is 12.1 Å². The molecule has 1 aliphatic heterocycles. The lowest BCUT2D eigenvalue weighted by Crippen LogP contribution is -2.51. The molecule has 2 heterocycles. The van der Waals surface area contributed by atoms with Crippen LogP contribution in [0, 0.1) is 5.92 Å². The van der Waals surface area contributed by atoms with E-state index < -0.39 is 0 Å². The third-order valence-corrected chi connectivity index (χ3v) is 2.47. The molecule has 0 saturated carbocycles. The standard InChI is InChI=1S/C10H13N3O/c11-10(14)8-5-13(6-8)7-9-3-1-2-4-12-9/h1-4,8H,5-7H2,(H2,11,14). The Morgan fingerprint density at radius 3 is 2.93 bits per heavy atom. The molecule has 1 aromatic rings. The fraction of sp³-hybridized carbons (Fsp3) is 0.400. The first-order valence-corrected chi connectivity index (χ1v) is 4.67. The first-order valence-electron chi connectivity index (χ1n) is 4.67. The third kappa shape index (κ3) is 1.90. The van der Waals surface area contributed by atoms with Crippen LogP contribution in [-0.4, -0.2) is 28.9 Å². The van der Waals surface area contributed by atoms with Gasteiger partial charge in [0.1, 0.15) is 0 Å². The van der Waals surface area contributed by atoms with Crippen LogP contribution in [0.3, 0.4) is 0 Å². The Balaban J connectivity index is 1.82. The molecule has 1 aromatic heterocycles. The zero-order valence-electron chi connectivity index (χ0n) is 7.89. The van der Waals surface area contributed by atoms with E-state index in [0.717, 1.165) is 25.3 Å². The van der Waals surface area contributed by atoms with Crippen LogP contribution in [0.5, 0.6) is 0 Å². The number of pyridine rings is 1. The number of carbonyl (C=O) groups is 1. The molecule has 0 radical (unpaired) electrons. The number of rotatable bonds is 3. The number of nitrogens with two attached hydrogens (primary N) is 1. The van der Waals surface area contributed by atoms with E-state index in [0.29, 0.717) is 0 Å². The molecule has 0 atom stereocenters. The Kier molecular flexibility index (Phi) is 2.45. The lowest BCUT2D eigenvalue weighted by molar-refractivity contribution is -0.127. The van der Waals surface area contributed by atoms with Crippen molar-refractivity contribution in [3.63, 3.8) is 0 Å². The zero-order valence-corrected chi connectivity index (χ0v) is 7.89. The topological polar surface area (TPSA) is 59.2 Å². The summed E-state index contributed by atoms with van der Waals surface area (Å²) in [5.41, 5.74) is 6.21. The number of nitrogens with zero attached hydrogens (tertiary/aromatic N) is 2. The molecule has 0 aromatic carbocycles. The Labute approximate surface area is 82.7 Å². The maximum atomic E-state index is 10.8. The van der Waals surface area contributed by atoms with Crippen LogP contribution in [0.2, 0.25) is 0 Å². The molecule has 0 aliphatic carbocycles. The van der Waals surface area contributed by atoms with Crippen LogP contribution in [0.25, 0.3) is 0 Å². The Morgan fingerprint density at radius 2 is 2.36 bits per heavy atom. The monoisotopic (exact) mass is 191 g/mol. The van der Waals surface area contributed by atoms with Gasteiger partial charge in [-0.2, -0.15) is 0 Å². The molecule has 1 amide bonds. The van der Waals surface area contributed by atoms with Crippen molar-refractivity contribution in [2.45, 2.75) is 6.54 Å². The SMILES string of the molecule is NC(=O)C1CN(Cc2ccccn2)C1. The van der Waals surface area contributed by atoms with E-state index in [2.05, 4.69) is 9.88 Å². The molecule has 1 aliphatic rings. The van der Waals surface area contributed by atoms with E-state index in [-0.39, 0.29) is 11.8 Å². The fourth-order valence-corrected chi connectivity index (χ4v) is 1.60. The number of hydrogen-bond donors (Lipinski definition) is 1. The number of aromatic nitrogens is 1. The van der Waals surface area contributed by atoms with E-state index in [1.54, 1.807) is 6.20 Å². The average Bonchev–Trinajstić information content (AvgIpc) is 2.12. The predicted octanol–water partition coefficient (Wildman–Crippen LogP) is -0.00130. The maximum Gasteiger partial charge on any atom is 0.223 e. The number of primary amides is 1. The Morgan fingerprint density at radius 1 is 1.57 bits per heavy atom. The minimum atomic E-state index is -0.192. The normalized spacial score (nSPS) is 17.7. The number of hydrogen-bond acceptors (Lipinski definition) is 3. The summed E-state index contributed by atoms with van der Waals surface area (Å²) in [5, 5.41) is 0. The summed E-state index contributed by atoms with van der Waals surface area (Å²) in [6.07, 6.45) is 1.78. The third-order valence-electron chi connectivity index (χ3n) is 2.47. The van der Waals surface area contributed by atoms with E-state index in [4.69, 9.17) is 5.73 Å². The molecule has 2 N–H and O–H groups in total. The molecule has 4 heteroatoms. The van der Waals surface area contributed by atoms with Gasteiger partial charge >= 0.3 is 0 Å². The highest BCUT2D eigenvalue weighted by atomic mass is 16.1. The van der Waals surface area contributed by atoms with Crippen molar-refractivity contribution in [3.05, 3.63) is 30.1 Å². The van der Waals surface area contributed by atoms with Gasteiger partial charge in [-0.3, -0.25) is 14.7 Å². The quantitative estimate of drug-likeness (QED) is 0.731. The fourth-order valence-electron chi connectivity index (χ4n) is 1.60. The lowest BCUT2D eigenvalue weighted by Gasteiger charge is -2.36. The van der Waals surface area contributed by atoms with E-state index >= 15 is 0 Å². The van der Waals surface area contributed by atoms with Gasteiger partial charge in [0.15, 0.2) is 0 Å². The predicted molar refractivity (Wildman–Crippen MR) is 52.2 cm³/mol. The van der Waals surface area contributed by atoms with E-state index in [1.807, 2.05) is 18.2 Å². The lowest BCUT2D eigenvalue weighted by atomic mass is 9.99. The Hall–Kier alpha value is -1.42. The molecule has 2 rings (SSSR count). The van der Waals surface area contributed by atoms with Gasteiger partial charge in [0.05, 0.1) is 11.6 Å². The van der Waals surface area contributed by atoms with Crippen LogP contribution in [0.4, 0.5) is 0 Å². The van der Waals surface area contributed by atoms with Crippen molar-refractivity contribution >= 4 is 5.91 Å². The Bertz CT molecular complexity index is 319. The molecule has 1 saturated heterocycles. The van der Waals surface area contributed by atoms with E-state index in [1.165, 1.54) is 0 Å². The van der Waals surface area contributed by atoms with Crippen molar-refractivity contribution in [2.24, 2.45) is 11.7 Å². The molecular formula is C10H13N3O. The minimum Gasteiger partial charge on any atom is -0.369 e. The summed E-state index contributed by atoms with van der Waals surface area (Å²) in [6, 6.07) is 5.84. The summed E-state index contributed by atoms with van der Waals surface area (Å²) >= 11 is 0. The molecule has 74 valence electrons. The van der Waals surface area contributed by atoms with E-state index in [9.17, 15) is 4.79 Å². The second-order valence-corrected chi connectivity index (χ2v) is 3.61. The minimum absolute atomic E-state index is 0.0405. The summed E-state index contributed by atoms with van der Waals surface area (Å²) in [7, 11) is 0. The number of amides is 1. The van der Waals surface area contributed by atoms with Crippen molar-refractivity contribution in [2.75, 3.05) is 13.1 Å². The van der Waals surface area contributed by atoms with Gasteiger partial charge in [-0.1, -0.05) is 6.07 Å². The summed E-state index contributed by atoms with van der Waals surface area (Å²) in [4.78, 5) is 17.1. The van der Waals surface area contributed by atoms with Crippen LogP contribution in [-0.2, 0) is 11.3 Å². The van der Waals surface area contributed by atoms with Crippen molar-refractivity contribution < 1.29 is 4.79 Å². The first kappa shape index (κ1) is 9.15. The van der Waals surface area contributed by atoms with Crippen molar-refractivity contribution in [1.29, 1.82) is 0 Å². The van der Waals surface area contributed by atoms with Gasteiger partial charge in [0.25, 0.3) is 0 Å². The number of carbonyl (C=O) groups excluding carboxylic acids is 1. The van der Waals surface area contributed by atoms with Crippen molar-refractivity contribution in [1.82, 2.24) is 9.88 Å². The highest BCUT2D eigenvalue weighted by Crippen LogP contribution is 2.16. The van der Waals surface area contributed by atoms with Crippen LogP contribution < -0.4 is 5.73 Å². The van der Waals surface area contributed by atoms with Crippen LogP contribution in [0.15, 0.2) is 24.4 Å². The number of likely N-dealkylation sites (tertiary alicyclic amines) is 1. The maximum absolute atomic E-state index is 10.8. The largest absolute Gasteiger partial charge is 0.369 e. The molecule has 14 heavy (non-hydrogen) atoms. The highest BCUT2D eigenvalue weighted by Gasteiger charge is 2.30. The summed E-state index contributed by atoms with van der Waals surface area (Å²) < 4.78 is 0. The molecule has 0 unspecified atom stereocenters. The summed E-state index contributed by atoms with van der Waals surface area (Å²) in [6.45, 7) is 2.35. The van der Waals surface area contributed by atoms with Gasteiger partial charge in [0.2, 0.25) is 5.91 Å². The molecule has 1 fully saturated rings. The average molecular weight is 191 g/mol. The summed E-state index contributed by atoms with van der Waals surface area (Å²) in [5.74, 6) is -0.152. The smallest absolute Gasteiger partial charge is 0.223 e. The molecular weight excluding hydrogens is 178 g/mol. The highest BCUT2D eigenvalue weighted by molar-refractivity contribution is 5.78. The van der Waals surface area contributed by atoms with Crippen LogP contribution >= 0.6 is 0 Å². The van der Waals surface area contributed by atoms with Crippen molar-refractivity contribution in [3.8, 4) is 0 Å². The second kappa shape index (κ2) is 3.75. The second-order valence-electron chi connectivity index (χ2n) is 3.61. The zero-order chi connectivity index (χ0) is 9.97. The van der Waals surface area contributed by atoms with Gasteiger partial charge in [-0.25, -0.2) is 0 Å². The molecule has 0 bridgehead atoms. The van der Waals surface area contributed by atoms with Gasteiger partial charge in [-0.15, -0.1) is 0 Å². The van der Waals surface area contributed by atoms with Gasteiger partial charge < -0.3 is 5.73 Å². The van der Waals surface area contributed by atoms with Crippen LogP contribution in [0.1, 0.15) is 5.69 Å². The molecule has 0 spiro atoms. The van der Waals surface area contributed by atoms with Gasteiger partial charge in [0, 0.05) is 25.8 Å². The molecule has 4 nitrogen and oxygen atoms in total. The first-order chi connectivity index (χ1) is 6.75.